The van der Waals surface area contributed by atoms with Crippen molar-refractivity contribution in [2.24, 2.45) is 0 Å². The molecular formula is C16H24N4O6. The van der Waals surface area contributed by atoms with E-state index >= 15 is 0 Å². The Morgan fingerprint density at radius 2 is 1.85 bits per heavy atom. The molecule has 0 aromatic heterocycles. The van der Waals surface area contributed by atoms with Crippen LogP contribution in [0.1, 0.15) is 39.5 Å². The molecule has 26 heavy (non-hydrogen) atoms. The molecule has 0 aromatic carbocycles. The van der Waals surface area contributed by atoms with Crippen LogP contribution in [-0.4, -0.2) is 65.9 Å². The molecule has 1 spiro atoms. The van der Waals surface area contributed by atoms with Crippen molar-refractivity contribution in [3.8, 4) is 0 Å². The molecule has 1 saturated heterocycles. The number of esters is 1. The van der Waals surface area contributed by atoms with Crippen LogP contribution < -0.4 is 16.0 Å². The number of amides is 5. The van der Waals surface area contributed by atoms with Crippen LogP contribution in [0.25, 0.3) is 0 Å². The predicted molar refractivity (Wildman–Crippen MR) is 88.7 cm³/mol. The first-order chi connectivity index (χ1) is 12.2. The van der Waals surface area contributed by atoms with Crippen LogP contribution in [0, 0.1) is 0 Å². The molecule has 144 valence electrons. The first kappa shape index (κ1) is 19.7. The minimum absolute atomic E-state index is 0.0514. The van der Waals surface area contributed by atoms with Crippen molar-refractivity contribution in [3.63, 3.8) is 0 Å². The van der Waals surface area contributed by atoms with E-state index in [1.807, 2.05) is 0 Å². The summed E-state index contributed by atoms with van der Waals surface area (Å²) in [5.41, 5.74) is -0.890. The van der Waals surface area contributed by atoms with Gasteiger partial charge in [0.25, 0.3) is 11.8 Å². The lowest BCUT2D eigenvalue weighted by Gasteiger charge is -2.19. The van der Waals surface area contributed by atoms with Crippen molar-refractivity contribution < 1.29 is 28.7 Å². The Morgan fingerprint density at radius 1 is 1.19 bits per heavy atom. The van der Waals surface area contributed by atoms with Gasteiger partial charge in [0.15, 0.2) is 6.61 Å². The fraction of sp³-hybridized carbons (Fsp3) is 0.688. The van der Waals surface area contributed by atoms with Gasteiger partial charge >= 0.3 is 12.0 Å². The Kier molecular flexibility index (Phi) is 6.17. The number of nitrogens with zero attached hydrogens (tertiary/aromatic N) is 1. The smallest absolute Gasteiger partial charge is 0.326 e. The van der Waals surface area contributed by atoms with Crippen LogP contribution >= 0.6 is 0 Å². The fourth-order valence-corrected chi connectivity index (χ4v) is 3.06. The van der Waals surface area contributed by atoms with Crippen molar-refractivity contribution in [2.45, 2.75) is 51.1 Å². The van der Waals surface area contributed by atoms with E-state index in [-0.39, 0.29) is 18.5 Å². The Hall–Kier alpha value is -2.65. The van der Waals surface area contributed by atoms with Crippen LogP contribution in [0.15, 0.2) is 0 Å². The summed E-state index contributed by atoms with van der Waals surface area (Å²) in [6, 6.07) is -0.673. The SMILES string of the molecule is CC(C)NC(=O)CNC(=O)COC(=O)CN1C(=O)NC2(CCCC2)C1=O. The highest BCUT2D eigenvalue weighted by molar-refractivity contribution is 6.08. The minimum Gasteiger partial charge on any atom is -0.454 e. The summed E-state index contributed by atoms with van der Waals surface area (Å²) in [6.07, 6.45) is 2.80. The number of hydrogen-bond acceptors (Lipinski definition) is 6. The lowest BCUT2D eigenvalue weighted by molar-refractivity contribution is -0.151. The summed E-state index contributed by atoms with van der Waals surface area (Å²) in [7, 11) is 0. The zero-order chi connectivity index (χ0) is 19.3. The second-order valence-electron chi connectivity index (χ2n) is 6.77. The van der Waals surface area contributed by atoms with E-state index < -0.39 is 42.5 Å². The first-order valence-electron chi connectivity index (χ1n) is 8.59. The summed E-state index contributed by atoms with van der Waals surface area (Å²) >= 11 is 0. The van der Waals surface area contributed by atoms with Crippen molar-refractivity contribution in [1.29, 1.82) is 0 Å². The highest BCUT2D eigenvalue weighted by Gasteiger charge is 2.52. The molecule has 3 N–H and O–H groups in total. The number of hydrogen-bond donors (Lipinski definition) is 3. The second kappa shape index (κ2) is 8.15. The summed E-state index contributed by atoms with van der Waals surface area (Å²) in [6.45, 7) is 2.19. The van der Waals surface area contributed by atoms with Crippen LogP contribution in [0.3, 0.4) is 0 Å². The maximum absolute atomic E-state index is 12.4. The first-order valence-corrected chi connectivity index (χ1v) is 8.59. The van der Waals surface area contributed by atoms with Crippen molar-refractivity contribution in [3.05, 3.63) is 0 Å². The lowest BCUT2D eigenvalue weighted by atomic mass is 9.98. The molecule has 1 heterocycles. The van der Waals surface area contributed by atoms with E-state index in [2.05, 4.69) is 16.0 Å². The Labute approximate surface area is 151 Å². The molecule has 1 aliphatic heterocycles. The third-order valence-electron chi connectivity index (χ3n) is 4.25. The average molecular weight is 368 g/mol. The van der Waals surface area contributed by atoms with Gasteiger partial charge in [-0.05, 0) is 26.7 Å². The summed E-state index contributed by atoms with van der Waals surface area (Å²) < 4.78 is 4.77. The van der Waals surface area contributed by atoms with Crippen LogP contribution in [0.5, 0.6) is 0 Å². The number of carbonyl (C=O) groups excluding carboxylic acids is 5. The monoisotopic (exact) mass is 368 g/mol. The molecule has 1 saturated carbocycles. The number of carbonyl (C=O) groups is 5. The number of rotatable bonds is 7. The highest BCUT2D eigenvalue weighted by atomic mass is 16.5. The largest absolute Gasteiger partial charge is 0.454 e. The van der Waals surface area contributed by atoms with Gasteiger partial charge in [-0.1, -0.05) is 12.8 Å². The average Bonchev–Trinajstić information content (AvgIpc) is 3.11. The quantitative estimate of drug-likeness (QED) is 0.391. The number of ether oxygens (including phenoxy) is 1. The van der Waals surface area contributed by atoms with E-state index in [0.717, 1.165) is 17.7 Å². The van der Waals surface area contributed by atoms with Gasteiger partial charge in [-0.3, -0.25) is 24.1 Å². The van der Waals surface area contributed by atoms with E-state index in [0.29, 0.717) is 12.8 Å². The molecule has 0 atom stereocenters. The van der Waals surface area contributed by atoms with Crippen LogP contribution in [0.4, 0.5) is 4.79 Å². The van der Waals surface area contributed by atoms with E-state index in [4.69, 9.17) is 4.74 Å². The Morgan fingerprint density at radius 3 is 2.46 bits per heavy atom. The van der Waals surface area contributed by atoms with E-state index in [1.54, 1.807) is 13.8 Å². The number of imide groups is 1. The molecule has 1 aliphatic carbocycles. The summed E-state index contributed by atoms with van der Waals surface area (Å²) in [4.78, 5) is 60.0. The van der Waals surface area contributed by atoms with E-state index in [1.165, 1.54) is 0 Å². The van der Waals surface area contributed by atoms with Crippen molar-refractivity contribution in [1.82, 2.24) is 20.9 Å². The zero-order valence-electron chi connectivity index (χ0n) is 14.9. The number of urea groups is 1. The molecule has 10 nitrogen and oxygen atoms in total. The number of nitrogens with one attached hydrogen (secondary N) is 3. The standard InChI is InChI=1S/C16H24N4O6/c1-10(2)18-11(21)7-17-12(22)9-26-13(23)8-20-14(24)16(19-15(20)25)5-3-4-6-16/h10H,3-9H2,1-2H3,(H,17,22)(H,18,21)(H,19,25). The minimum atomic E-state index is -0.890. The third-order valence-corrected chi connectivity index (χ3v) is 4.25. The molecule has 2 aliphatic rings. The van der Waals surface area contributed by atoms with Gasteiger partial charge in [-0.25, -0.2) is 4.79 Å². The molecule has 0 aromatic rings. The van der Waals surface area contributed by atoms with Gasteiger partial charge < -0.3 is 20.7 Å². The molecule has 0 bridgehead atoms. The Balaban J connectivity index is 1.73. The molecule has 2 rings (SSSR count). The van der Waals surface area contributed by atoms with E-state index in [9.17, 15) is 24.0 Å². The summed E-state index contributed by atoms with van der Waals surface area (Å²) in [5.74, 6) is -2.31. The third kappa shape index (κ3) is 4.70. The molecule has 0 unspecified atom stereocenters. The van der Waals surface area contributed by atoms with Gasteiger partial charge in [-0.15, -0.1) is 0 Å². The van der Waals surface area contributed by atoms with Gasteiger partial charge in [0.1, 0.15) is 12.1 Å². The fourth-order valence-electron chi connectivity index (χ4n) is 3.06. The highest BCUT2D eigenvalue weighted by Crippen LogP contribution is 2.34. The van der Waals surface area contributed by atoms with Gasteiger partial charge in [-0.2, -0.15) is 0 Å². The normalized spacial score (nSPS) is 18.2. The molecule has 0 radical (unpaired) electrons. The van der Waals surface area contributed by atoms with Crippen molar-refractivity contribution in [2.75, 3.05) is 19.7 Å². The topological polar surface area (TPSA) is 134 Å². The van der Waals surface area contributed by atoms with Gasteiger partial charge in [0.05, 0.1) is 6.54 Å². The Bertz CT molecular complexity index is 612. The summed E-state index contributed by atoms with van der Waals surface area (Å²) in [5, 5.41) is 7.55. The van der Waals surface area contributed by atoms with Gasteiger partial charge in [0.2, 0.25) is 5.91 Å². The maximum atomic E-state index is 12.4. The molecule has 5 amide bonds. The van der Waals surface area contributed by atoms with Crippen LogP contribution in [-0.2, 0) is 23.9 Å². The second-order valence-corrected chi connectivity index (χ2v) is 6.77. The lowest BCUT2D eigenvalue weighted by Crippen LogP contribution is -2.44. The van der Waals surface area contributed by atoms with Crippen LogP contribution in [0.2, 0.25) is 0 Å². The van der Waals surface area contributed by atoms with Crippen molar-refractivity contribution >= 4 is 29.7 Å². The molecule has 2 fully saturated rings. The van der Waals surface area contributed by atoms with Gasteiger partial charge in [0, 0.05) is 6.04 Å². The maximum Gasteiger partial charge on any atom is 0.326 e. The predicted octanol–water partition coefficient (Wildman–Crippen LogP) is -0.965. The molecule has 10 heteroatoms. The zero-order valence-corrected chi connectivity index (χ0v) is 14.9. The molecular weight excluding hydrogens is 344 g/mol.